The summed E-state index contributed by atoms with van der Waals surface area (Å²) in [6.07, 6.45) is 0. The lowest BCUT2D eigenvalue weighted by atomic mass is 10.2. The van der Waals surface area contributed by atoms with Gasteiger partial charge in [-0.25, -0.2) is 9.97 Å². The third kappa shape index (κ3) is 11.9. The monoisotopic (exact) mass is 1090 g/mol. The fraction of sp³-hybridized carbons (Fsp3) is 0.293. The Bertz CT molecular complexity index is 3160. The fourth-order valence-corrected chi connectivity index (χ4v) is 11.2. The molecule has 0 bridgehead atoms. The minimum absolute atomic E-state index is 0.0653. The van der Waals surface area contributed by atoms with E-state index in [-0.39, 0.29) is 72.1 Å². The van der Waals surface area contributed by atoms with Crippen LogP contribution in [0.15, 0.2) is 83.9 Å². The van der Waals surface area contributed by atoms with Crippen molar-refractivity contribution in [2.24, 2.45) is 20.5 Å². The number of hydrogen-bond donors (Lipinski definition) is 5. The highest BCUT2D eigenvalue weighted by Crippen LogP contribution is 2.44. The first-order valence-electron chi connectivity index (χ1n) is 20.9. The van der Waals surface area contributed by atoms with Gasteiger partial charge in [-0.3, -0.25) is 9.11 Å². The Hall–Kier alpha value is -5.62. The van der Waals surface area contributed by atoms with Gasteiger partial charge in [0, 0.05) is 44.1 Å². The summed E-state index contributed by atoms with van der Waals surface area (Å²) >= 11 is 15.7. The van der Waals surface area contributed by atoms with Crippen LogP contribution in [-0.4, -0.2) is 109 Å². The number of rotatable bonds is 21. The van der Waals surface area contributed by atoms with Gasteiger partial charge >= 0.3 is 0 Å². The van der Waals surface area contributed by atoms with E-state index in [4.69, 9.17) is 37.7 Å². The highest BCUT2D eigenvalue weighted by molar-refractivity contribution is 7.99. The number of nitrogens with one attached hydrogen (secondary N) is 2. The number of hydrogen-bond acceptors (Lipinski definition) is 23. The van der Waals surface area contributed by atoms with Crippen molar-refractivity contribution in [2.75, 3.05) is 73.2 Å². The fourth-order valence-electron chi connectivity index (χ4n) is 6.85. The maximum atomic E-state index is 11.9. The molecule has 0 saturated carbocycles. The Balaban J connectivity index is 1.32. The van der Waals surface area contributed by atoms with E-state index < -0.39 is 30.0 Å². The van der Waals surface area contributed by atoms with Crippen molar-refractivity contribution in [3.05, 3.63) is 58.6 Å². The number of methoxy groups -OCH3 is 2. The van der Waals surface area contributed by atoms with Gasteiger partial charge in [0.1, 0.15) is 32.7 Å². The third-order valence-electron chi connectivity index (χ3n) is 10.1. The van der Waals surface area contributed by atoms with Gasteiger partial charge in [0.15, 0.2) is 5.16 Å². The minimum Gasteiger partial charge on any atom is -0.494 e. The Labute approximate surface area is 423 Å². The molecule has 370 valence electrons. The molecule has 3 heterocycles. The van der Waals surface area contributed by atoms with Crippen molar-refractivity contribution in [1.82, 2.24) is 24.9 Å². The number of benzene rings is 4. The summed E-state index contributed by atoms with van der Waals surface area (Å²) in [4.78, 5) is 26.1. The molecule has 0 saturated heterocycles. The third-order valence-corrected chi connectivity index (χ3v) is 15.4. The standard InChI is InChI=1S/C41H43Cl2N13O9S5/c1-7-55(8-2)29-15-23(25(17-31(29)64-5)51-53-40-46-27-19-35(69(58,59)60)21(42)13-33(27)67-40)44-37-48-38(50-39(49-37)66-12-11-57)45-24-16-30(56(9-3)10-4)32(65-6)18-26(24)52-54-41-47-28-20-36(70(61,62)63)22(43)14-34(28)68-41/h13-20,57H,7-12H2,1-6H3,(H,58,59,60)(H,61,62,63)(H2,44,45,48,49,50)/b53-51+,54-52+. The summed E-state index contributed by atoms with van der Waals surface area (Å²) in [5.74, 6) is 1.35. The molecule has 7 rings (SSSR count). The number of thioether (sulfide) groups is 1. The first-order valence-corrected chi connectivity index (χ1v) is 27.1. The largest absolute Gasteiger partial charge is 0.494 e. The van der Waals surface area contributed by atoms with E-state index in [0.717, 1.165) is 46.2 Å². The van der Waals surface area contributed by atoms with Crippen LogP contribution in [0.3, 0.4) is 0 Å². The molecule has 5 N–H and O–H groups in total. The van der Waals surface area contributed by atoms with E-state index in [1.54, 1.807) is 12.1 Å². The van der Waals surface area contributed by atoms with E-state index in [2.05, 4.69) is 60.8 Å². The molecular weight excluding hydrogens is 1050 g/mol. The van der Waals surface area contributed by atoms with E-state index in [1.165, 1.54) is 38.1 Å². The van der Waals surface area contributed by atoms with Gasteiger partial charge in [-0.2, -0.15) is 31.8 Å². The maximum absolute atomic E-state index is 11.9. The zero-order chi connectivity index (χ0) is 50.5. The van der Waals surface area contributed by atoms with Gasteiger partial charge in [0.2, 0.25) is 22.2 Å². The second kappa shape index (κ2) is 22.2. The lowest BCUT2D eigenvalue weighted by molar-refractivity contribution is 0.322. The number of anilines is 6. The average molecular weight is 1090 g/mol. The topological polar surface area (TPSA) is 292 Å². The summed E-state index contributed by atoms with van der Waals surface area (Å²) in [5.41, 5.74) is 3.23. The first-order chi connectivity index (χ1) is 33.4. The van der Waals surface area contributed by atoms with Gasteiger partial charge in [0.05, 0.1) is 74.1 Å². The smallest absolute Gasteiger partial charge is 0.296 e. The quantitative estimate of drug-likeness (QED) is 0.0254. The molecule has 4 aromatic carbocycles. The maximum Gasteiger partial charge on any atom is 0.296 e. The van der Waals surface area contributed by atoms with E-state index >= 15 is 0 Å². The summed E-state index contributed by atoms with van der Waals surface area (Å²) < 4.78 is 79.6. The van der Waals surface area contributed by atoms with E-state index in [1.807, 2.05) is 39.8 Å². The zero-order valence-corrected chi connectivity index (χ0v) is 43.5. The number of aliphatic hydroxyl groups excluding tert-OH is 1. The molecule has 29 heteroatoms. The van der Waals surface area contributed by atoms with Crippen LogP contribution in [0.1, 0.15) is 27.7 Å². The van der Waals surface area contributed by atoms with Crippen LogP contribution < -0.4 is 29.9 Å². The molecule has 0 radical (unpaired) electrons. The van der Waals surface area contributed by atoms with Crippen LogP contribution in [0.2, 0.25) is 10.0 Å². The van der Waals surface area contributed by atoms with Crippen LogP contribution in [0.4, 0.5) is 56.3 Å². The highest BCUT2D eigenvalue weighted by Gasteiger charge is 2.22. The minimum atomic E-state index is -4.62. The molecular formula is C41H43Cl2N13O9S5. The molecule has 0 atom stereocenters. The van der Waals surface area contributed by atoms with Crippen molar-refractivity contribution < 1.29 is 40.5 Å². The molecule has 70 heavy (non-hydrogen) atoms. The van der Waals surface area contributed by atoms with Crippen LogP contribution in [0, 0.1) is 0 Å². The number of halogens is 2. The van der Waals surface area contributed by atoms with Crippen molar-refractivity contribution in [1.29, 1.82) is 0 Å². The van der Waals surface area contributed by atoms with Crippen LogP contribution in [0.25, 0.3) is 20.4 Å². The van der Waals surface area contributed by atoms with E-state index in [0.29, 0.717) is 58.5 Å². The van der Waals surface area contributed by atoms with E-state index in [9.17, 15) is 31.0 Å². The molecule has 0 fully saturated rings. The normalized spacial score (nSPS) is 12.2. The van der Waals surface area contributed by atoms with Crippen molar-refractivity contribution in [2.45, 2.75) is 42.6 Å². The number of fused-ring (bicyclic) bond motifs is 2. The number of nitrogens with zero attached hydrogens (tertiary/aromatic N) is 11. The van der Waals surface area contributed by atoms with Gasteiger partial charge in [-0.15, -0.1) is 20.5 Å². The van der Waals surface area contributed by atoms with Gasteiger partial charge in [-0.05, 0) is 64.1 Å². The molecule has 7 aromatic rings. The Kier molecular flexibility index (Phi) is 16.6. The molecule has 0 aliphatic heterocycles. The van der Waals surface area contributed by atoms with Gasteiger partial charge < -0.3 is 35.0 Å². The number of aliphatic hydroxyl groups is 1. The molecule has 0 amide bonds. The highest BCUT2D eigenvalue weighted by atomic mass is 35.5. The molecule has 22 nitrogen and oxygen atoms in total. The van der Waals surface area contributed by atoms with Crippen LogP contribution in [0.5, 0.6) is 11.5 Å². The summed E-state index contributed by atoms with van der Waals surface area (Å²) in [5, 5.41) is 34.4. The predicted molar refractivity (Wildman–Crippen MR) is 275 cm³/mol. The lowest BCUT2D eigenvalue weighted by Crippen LogP contribution is -2.22. The predicted octanol–water partition coefficient (Wildman–Crippen LogP) is 11.0. The van der Waals surface area contributed by atoms with Crippen molar-refractivity contribution >= 4 is 155 Å². The van der Waals surface area contributed by atoms with Crippen molar-refractivity contribution in [3.63, 3.8) is 0 Å². The van der Waals surface area contributed by atoms with Gasteiger partial charge in [-0.1, -0.05) is 57.6 Å². The summed E-state index contributed by atoms with van der Waals surface area (Å²) in [6.45, 7) is 10.4. The average Bonchev–Trinajstić information content (AvgIpc) is 3.92. The van der Waals surface area contributed by atoms with Crippen molar-refractivity contribution in [3.8, 4) is 11.5 Å². The molecule has 0 aliphatic rings. The number of thiazole rings is 2. The Morgan fingerprint density at radius 3 is 1.40 bits per heavy atom. The first kappa shape index (κ1) is 52.2. The van der Waals surface area contributed by atoms with Gasteiger partial charge in [0.25, 0.3) is 20.2 Å². The van der Waals surface area contributed by atoms with Crippen LogP contribution >= 0.6 is 57.6 Å². The number of azo groups is 2. The second-order valence-electron chi connectivity index (χ2n) is 14.4. The molecule has 0 unspecified atom stereocenters. The Morgan fingerprint density at radius 2 is 1.04 bits per heavy atom. The Morgan fingerprint density at radius 1 is 0.629 bits per heavy atom. The zero-order valence-electron chi connectivity index (χ0n) is 37.9. The summed E-state index contributed by atoms with van der Waals surface area (Å²) in [6, 6.07) is 12.0. The number of ether oxygens (including phenoxy) is 2. The SMILES string of the molecule is CCN(CC)c1cc(Nc2nc(Nc3cc(N(CC)CC)c(OC)cc3/N=N/c3nc4cc(S(=O)(=O)O)c(Cl)cc4s3)nc(SCCO)n2)c(/N=N/c2nc3cc(S(=O)(=O)O)c(Cl)cc3s2)cc1OC. The summed E-state index contributed by atoms with van der Waals surface area (Å²) in [7, 11) is -6.17. The lowest BCUT2D eigenvalue weighted by Gasteiger charge is -2.25. The molecule has 3 aromatic heterocycles. The molecule has 0 aliphatic carbocycles. The number of aromatic nitrogens is 5. The molecule has 0 spiro atoms. The van der Waals surface area contributed by atoms with Crippen LogP contribution in [-0.2, 0) is 20.2 Å². The second-order valence-corrected chi connectivity index (χ2v) is 21.0.